The average molecular weight is 439 g/mol. The molecule has 0 bridgehead atoms. The lowest BCUT2D eigenvalue weighted by Crippen LogP contribution is -2.31. The molecule has 2 aromatic carbocycles. The topological polar surface area (TPSA) is 154 Å². The third-order valence-electron chi connectivity index (χ3n) is 4.42. The molecule has 0 aliphatic carbocycles. The van der Waals surface area contributed by atoms with Gasteiger partial charge in [0, 0.05) is 11.1 Å². The molecule has 0 saturated heterocycles. The number of esters is 2. The number of nitrogens with one attached hydrogen (secondary N) is 1. The van der Waals surface area contributed by atoms with Crippen molar-refractivity contribution in [3.8, 4) is 0 Å². The number of anilines is 1. The number of carbonyl (C=O) groups excluding carboxylic acids is 3. The van der Waals surface area contributed by atoms with Crippen LogP contribution in [0.25, 0.3) is 10.8 Å². The number of fused-ring (bicyclic) bond motifs is 1. The van der Waals surface area contributed by atoms with Crippen LogP contribution < -0.4 is 10.9 Å². The number of benzene rings is 2. The molecular formula is C21H17N3O8. The maximum Gasteiger partial charge on any atom is 0.357 e. The van der Waals surface area contributed by atoms with Gasteiger partial charge in [-0.05, 0) is 24.3 Å². The summed E-state index contributed by atoms with van der Waals surface area (Å²) in [5.74, 6) is -3.59. The summed E-state index contributed by atoms with van der Waals surface area (Å²) >= 11 is 0. The normalized spacial score (nSPS) is 10.4. The molecule has 0 fully saturated rings. The van der Waals surface area contributed by atoms with Crippen molar-refractivity contribution in [2.24, 2.45) is 0 Å². The molecule has 3 rings (SSSR count). The lowest BCUT2D eigenvalue weighted by atomic mass is 10.1. The molecule has 11 nitrogen and oxygen atoms in total. The van der Waals surface area contributed by atoms with Crippen LogP contribution in [-0.2, 0) is 20.8 Å². The number of hydrogen-bond donors (Lipinski definition) is 2. The zero-order valence-corrected chi connectivity index (χ0v) is 16.9. The van der Waals surface area contributed by atoms with Crippen molar-refractivity contribution in [1.82, 2.24) is 9.78 Å². The largest absolute Gasteiger partial charge is 0.476 e. The molecule has 0 unspecified atom stereocenters. The first kappa shape index (κ1) is 22.2. The first-order chi connectivity index (χ1) is 15.2. The number of hydrogen-bond acceptors (Lipinski definition) is 8. The minimum absolute atomic E-state index is 0.0140. The monoisotopic (exact) mass is 439 g/mol. The van der Waals surface area contributed by atoms with E-state index in [1.165, 1.54) is 30.3 Å². The van der Waals surface area contributed by atoms with E-state index >= 15 is 0 Å². The fourth-order valence-electron chi connectivity index (χ4n) is 3.01. The van der Waals surface area contributed by atoms with Crippen LogP contribution in [0.1, 0.15) is 31.2 Å². The smallest absolute Gasteiger partial charge is 0.357 e. The van der Waals surface area contributed by atoms with Crippen molar-refractivity contribution in [2.75, 3.05) is 19.5 Å². The number of nitrogens with zero attached hydrogens (tertiary/aromatic N) is 2. The van der Waals surface area contributed by atoms with Gasteiger partial charge in [0.1, 0.15) is 6.54 Å². The van der Waals surface area contributed by atoms with Crippen molar-refractivity contribution in [3.63, 3.8) is 0 Å². The maximum atomic E-state index is 12.7. The Bertz CT molecular complexity index is 1280. The summed E-state index contributed by atoms with van der Waals surface area (Å²) in [7, 11) is 2.31. The molecule has 1 aromatic heterocycles. The number of carbonyl (C=O) groups is 4. The zero-order valence-electron chi connectivity index (χ0n) is 16.9. The Balaban J connectivity index is 1.95. The molecule has 0 aliphatic heterocycles. The SMILES string of the molecule is COC(=O)c1cc(NC(=O)Cn2nc(C(=O)O)c3ccccc3c2=O)cc(C(=O)OC)c1. The molecule has 1 amide bonds. The van der Waals surface area contributed by atoms with Crippen molar-refractivity contribution in [3.05, 3.63) is 69.6 Å². The summed E-state index contributed by atoms with van der Waals surface area (Å²) in [6, 6.07) is 9.80. The molecule has 3 aromatic rings. The average Bonchev–Trinajstić information content (AvgIpc) is 2.79. The van der Waals surface area contributed by atoms with E-state index < -0.39 is 35.9 Å². The summed E-state index contributed by atoms with van der Waals surface area (Å²) in [6.07, 6.45) is 0. The minimum atomic E-state index is -1.36. The van der Waals surface area contributed by atoms with Gasteiger partial charge in [-0.2, -0.15) is 5.10 Å². The molecule has 11 heteroatoms. The highest BCUT2D eigenvalue weighted by molar-refractivity contribution is 6.02. The van der Waals surface area contributed by atoms with Crippen molar-refractivity contribution < 1.29 is 33.8 Å². The van der Waals surface area contributed by atoms with Gasteiger partial charge in [-0.1, -0.05) is 18.2 Å². The fraction of sp³-hybridized carbons (Fsp3) is 0.143. The van der Waals surface area contributed by atoms with Gasteiger partial charge in [-0.3, -0.25) is 9.59 Å². The number of aromatic carboxylic acids is 1. The summed E-state index contributed by atoms with van der Waals surface area (Å²) in [5, 5.41) is 15.9. The highest BCUT2D eigenvalue weighted by Crippen LogP contribution is 2.18. The van der Waals surface area contributed by atoms with E-state index in [0.29, 0.717) is 0 Å². The van der Waals surface area contributed by atoms with Crippen LogP contribution >= 0.6 is 0 Å². The summed E-state index contributed by atoms with van der Waals surface area (Å²) in [6.45, 7) is -0.611. The van der Waals surface area contributed by atoms with Crippen molar-refractivity contribution in [1.29, 1.82) is 0 Å². The van der Waals surface area contributed by atoms with Gasteiger partial charge >= 0.3 is 17.9 Å². The Morgan fingerprint density at radius 3 is 2.06 bits per heavy atom. The standard InChI is InChI=1S/C21H17N3O8/c1-31-20(29)11-7-12(21(30)32-2)9-13(8-11)22-16(25)10-24-18(26)15-6-4-3-5-14(15)17(23-24)19(27)28/h3-9H,10H2,1-2H3,(H,22,25)(H,27,28). The van der Waals surface area contributed by atoms with E-state index in [1.54, 1.807) is 12.1 Å². The Kier molecular flexibility index (Phi) is 6.29. The van der Waals surface area contributed by atoms with Crippen LogP contribution in [0.2, 0.25) is 0 Å². The second kappa shape index (κ2) is 9.08. The third-order valence-corrected chi connectivity index (χ3v) is 4.42. The molecule has 0 atom stereocenters. The van der Waals surface area contributed by atoms with Gasteiger partial charge in [0.25, 0.3) is 5.56 Å². The first-order valence-electron chi connectivity index (χ1n) is 9.10. The quantitative estimate of drug-likeness (QED) is 0.541. The molecule has 1 heterocycles. The van der Waals surface area contributed by atoms with Crippen molar-refractivity contribution >= 4 is 40.3 Å². The van der Waals surface area contributed by atoms with Gasteiger partial charge in [-0.25, -0.2) is 19.1 Å². The highest BCUT2D eigenvalue weighted by Gasteiger charge is 2.18. The molecular weight excluding hydrogens is 422 g/mol. The van der Waals surface area contributed by atoms with Gasteiger partial charge in [-0.15, -0.1) is 0 Å². The lowest BCUT2D eigenvalue weighted by molar-refractivity contribution is -0.117. The van der Waals surface area contributed by atoms with Crippen LogP contribution in [0.15, 0.2) is 47.3 Å². The van der Waals surface area contributed by atoms with Gasteiger partial charge in [0.05, 0.1) is 30.7 Å². The number of amides is 1. The third kappa shape index (κ3) is 4.46. The van der Waals surface area contributed by atoms with Crippen LogP contribution in [0.5, 0.6) is 0 Å². The predicted octanol–water partition coefficient (Wildman–Crippen LogP) is 1.31. The highest BCUT2D eigenvalue weighted by atomic mass is 16.5. The van der Waals surface area contributed by atoms with Crippen LogP contribution in [0.3, 0.4) is 0 Å². The second-order valence-electron chi connectivity index (χ2n) is 6.49. The van der Waals surface area contributed by atoms with E-state index in [0.717, 1.165) is 18.9 Å². The molecule has 164 valence electrons. The van der Waals surface area contributed by atoms with E-state index in [4.69, 9.17) is 0 Å². The Morgan fingerprint density at radius 2 is 1.53 bits per heavy atom. The zero-order chi connectivity index (χ0) is 23.4. The lowest BCUT2D eigenvalue weighted by Gasteiger charge is -2.11. The number of rotatable bonds is 6. The van der Waals surface area contributed by atoms with E-state index in [-0.39, 0.29) is 33.3 Å². The van der Waals surface area contributed by atoms with Crippen LogP contribution in [0.4, 0.5) is 5.69 Å². The molecule has 0 saturated carbocycles. The van der Waals surface area contributed by atoms with E-state index in [1.807, 2.05) is 0 Å². The number of carboxylic acid groups (broad SMARTS) is 1. The Hall–Kier alpha value is -4.54. The van der Waals surface area contributed by atoms with Crippen LogP contribution in [0, 0.1) is 0 Å². The maximum absolute atomic E-state index is 12.7. The second-order valence-corrected chi connectivity index (χ2v) is 6.49. The molecule has 0 radical (unpaired) electrons. The minimum Gasteiger partial charge on any atom is -0.476 e. The van der Waals surface area contributed by atoms with Gasteiger partial charge < -0.3 is 19.9 Å². The van der Waals surface area contributed by atoms with Gasteiger partial charge in [0.2, 0.25) is 5.91 Å². The van der Waals surface area contributed by atoms with Crippen LogP contribution in [-0.4, -0.2) is 52.9 Å². The number of methoxy groups -OCH3 is 2. The Morgan fingerprint density at radius 1 is 0.969 bits per heavy atom. The predicted molar refractivity (Wildman–Crippen MR) is 111 cm³/mol. The summed E-state index contributed by atoms with van der Waals surface area (Å²) in [4.78, 5) is 60.5. The molecule has 32 heavy (non-hydrogen) atoms. The molecule has 2 N–H and O–H groups in total. The number of aromatic nitrogens is 2. The number of carboxylic acids is 1. The summed E-state index contributed by atoms with van der Waals surface area (Å²) in [5.41, 5.74) is -1.00. The van der Waals surface area contributed by atoms with Gasteiger partial charge in [0.15, 0.2) is 5.69 Å². The fourth-order valence-corrected chi connectivity index (χ4v) is 3.01. The Labute approximate surface area is 180 Å². The molecule has 0 spiro atoms. The van der Waals surface area contributed by atoms with E-state index in [2.05, 4.69) is 19.9 Å². The first-order valence-corrected chi connectivity index (χ1v) is 9.10. The van der Waals surface area contributed by atoms with Crippen molar-refractivity contribution in [2.45, 2.75) is 6.54 Å². The molecule has 0 aliphatic rings. The number of ether oxygens (including phenoxy) is 2. The summed E-state index contributed by atoms with van der Waals surface area (Å²) < 4.78 is 10.0. The van der Waals surface area contributed by atoms with E-state index in [9.17, 15) is 29.1 Å².